The Hall–Kier alpha value is -1.21. The Balaban J connectivity index is 1.50. The van der Waals surface area contributed by atoms with E-state index in [2.05, 4.69) is 16.2 Å². The van der Waals surface area contributed by atoms with E-state index in [9.17, 15) is 18.5 Å². The molecule has 0 aromatic carbocycles. The van der Waals surface area contributed by atoms with E-state index in [0.717, 1.165) is 32.1 Å². The van der Waals surface area contributed by atoms with E-state index < -0.39 is 14.8 Å². The van der Waals surface area contributed by atoms with Gasteiger partial charge in [-0.3, -0.25) is 10.6 Å². The van der Waals surface area contributed by atoms with E-state index in [1.807, 2.05) is 0 Å². The van der Waals surface area contributed by atoms with E-state index >= 15 is 0 Å². The average Bonchev–Trinajstić information content (AvgIpc) is 3.07. The van der Waals surface area contributed by atoms with Gasteiger partial charge in [-0.1, -0.05) is 0 Å². The maximum Gasteiger partial charge on any atom is 0.237 e. The van der Waals surface area contributed by atoms with Crippen molar-refractivity contribution in [2.24, 2.45) is 17.7 Å². The Morgan fingerprint density at radius 1 is 1.27 bits per heavy atom. The lowest BCUT2D eigenvalue weighted by atomic mass is 9.52. The number of nitrogens with zero attached hydrogens (tertiary/aromatic N) is 2. The quantitative estimate of drug-likeness (QED) is 0.453. The molecule has 4 saturated carbocycles. The van der Waals surface area contributed by atoms with E-state index in [1.54, 1.807) is 4.90 Å². The number of nitriles is 1. The van der Waals surface area contributed by atoms with Crippen LogP contribution in [0.5, 0.6) is 0 Å². The molecule has 1 aliphatic heterocycles. The molecule has 3 atom stereocenters. The molecule has 4 aliphatic carbocycles. The van der Waals surface area contributed by atoms with Crippen LogP contribution in [0.2, 0.25) is 0 Å². The lowest BCUT2D eigenvalue weighted by Crippen LogP contribution is -2.69. The monoisotopic (exact) mass is 381 g/mol. The van der Waals surface area contributed by atoms with Crippen LogP contribution >= 0.6 is 0 Å². The zero-order valence-corrected chi connectivity index (χ0v) is 15.7. The maximum atomic E-state index is 12.6. The molecule has 5 aliphatic rings. The molecule has 5 rings (SSSR count). The van der Waals surface area contributed by atoms with Crippen molar-refractivity contribution >= 4 is 15.9 Å². The van der Waals surface area contributed by atoms with Crippen LogP contribution < -0.4 is 16.0 Å². The predicted molar refractivity (Wildman–Crippen MR) is 94.7 cm³/mol. The van der Waals surface area contributed by atoms with Crippen LogP contribution in [0.4, 0.5) is 0 Å². The highest BCUT2D eigenvalue weighted by Crippen LogP contribution is 2.59. The number of amides is 1. The minimum atomic E-state index is -3.57. The third-order valence-electron chi connectivity index (χ3n) is 7.07. The minimum absolute atomic E-state index is 0.0568. The molecule has 5 fully saturated rings. The summed E-state index contributed by atoms with van der Waals surface area (Å²) in [6.07, 6.45) is 6.34. The van der Waals surface area contributed by atoms with E-state index in [0.29, 0.717) is 37.6 Å². The molecule has 4 N–H and O–H groups in total. The highest BCUT2D eigenvalue weighted by Gasteiger charge is 2.62. The number of nitrogens with two attached hydrogens (primary N) is 1. The normalized spacial score (nSPS) is 41.4. The predicted octanol–water partition coefficient (Wildman–Crippen LogP) is -0.0249. The van der Waals surface area contributed by atoms with Gasteiger partial charge in [0.2, 0.25) is 15.9 Å². The maximum absolute atomic E-state index is 12.6. The summed E-state index contributed by atoms with van der Waals surface area (Å²) in [5.74, 6) is 6.02. The zero-order chi connectivity index (χ0) is 18.6. The fourth-order valence-electron chi connectivity index (χ4n) is 6.39. The van der Waals surface area contributed by atoms with E-state index in [1.165, 1.54) is 0 Å². The lowest BCUT2D eigenvalue weighted by molar-refractivity contribution is -0.131. The third-order valence-corrected chi connectivity index (χ3v) is 9.00. The fraction of sp³-hybridized carbons (Fsp3) is 0.882. The Labute approximate surface area is 154 Å². The summed E-state index contributed by atoms with van der Waals surface area (Å²) in [6.45, 7) is 0.802. The molecule has 144 valence electrons. The number of sulfonamides is 1. The highest BCUT2D eigenvalue weighted by atomic mass is 32.2. The summed E-state index contributed by atoms with van der Waals surface area (Å²) >= 11 is 0. The molecule has 1 amide bonds. The van der Waals surface area contributed by atoms with Crippen LogP contribution in [-0.4, -0.2) is 48.6 Å². The van der Waals surface area contributed by atoms with Gasteiger partial charge in [0, 0.05) is 12.1 Å². The SMILES string of the molecule is N#CC1CCCN1C(=O)CNC12CC3CC(C1)CC(S(=O)(=O)NN)(C3)C2. The topological polar surface area (TPSA) is 128 Å². The number of hydrazine groups is 1. The van der Waals surface area contributed by atoms with Crippen LogP contribution in [0.25, 0.3) is 0 Å². The van der Waals surface area contributed by atoms with Crippen molar-refractivity contribution in [1.82, 2.24) is 15.0 Å². The second-order valence-electron chi connectivity index (χ2n) is 8.77. The number of likely N-dealkylation sites (tertiary alicyclic amines) is 1. The number of nitrogens with one attached hydrogen (secondary N) is 2. The zero-order valence-electron chi connectivity index (χ0n) is 14.9. The Kier molecular flexibility index (Phi) is 4.30. The minimum Gasteiger partial charge on any atom is -0.326 e. The number of carbonyl (C=O) groups is 1. The number of carbonyl (C=O) groups excluding carboxylic acids is 1. The number of hydrogen-bond acceptors (Lipinski definition) is 6. The molecule has 9 heteroatoms. The summed E-state index contributed by atoms with van der Waals surface area (Å²) in [5.41, 5.74) is -0.314. The first-order chi connectivity index (χ1) is 12.3. The number of hydrogen-bond donors (Lipinski definition) is 3. The summed E-state index contributed by atoms with van der Waals surface area (Å²) in [4.78, 5) is 16.3. The molecule has 8 nitrogen and oxygen atoms in total. The molecule has 0 aromatic rings. The van der Waals surface area contributed by atoms with Gasteiger partial charge in [-0.25, -0.2) is 8.42 Å². The van der Waals surface area contributed by atoms with Crippen LogP contribution in [0.15, 0.2) is 0 Å². The molecule has 0 spiro atoms. The molecule has 0 aromatic heterocycles. The van der Waals surface area contributed by atoms with Crippen molar-refractivity contribution in [3.05, 3.63) is 0 Å². The van der Waals surface area contributed by atoms with Crippen molar-refractivity contribution in [3.8, 4) is 6.07 Å². The van der Waals surface area contributed by atoms with Gasteiger partial charge in [0.15, 0.2) is 0 Å². The van der Waals surface area contributed by atoms with Crippen LogP contribution in [0, 0.1) is 23.2 Å². The van der Waals surface area contributed by atoms with Gasteiger partial charge in [-0.2, -0.15) is 10.1 Å². The molecule has 4 bridgehead atoms. The highest BCUT2D eigenvalue weighted by molar-refractivity contribution is 7.90. The smallest absolute Gasteiger partial charge is 0.237 e. The first-order valence-electron chi connectivity index (χ1n) is 9.48. The second kappa shape index (κ2) is 6.16. The molecular formula is C17H27N5O3S. The van der Waals surface area contributed by atoms with E-state index in [4.69, 9.17) is 5.84 Å². The third kappa shape index (κ3) is 2.74. The molecule has 3 unspecified atom stereocenters. The molecule has 1 saturated heterocycles. The molecule has 0 radical (unpaired) electrons. The van der Waals surface area contributed by atoms with E-state index in [-0.39, 0.29) is 24.0 Å². The van der Waals surface area contributed by atoms with Gasteiger partial charge in [-0.05, 0) is 63.2 Å². The van der Waals surface area contributed by atoms with Gasteiger partial charge in [0.25, 0.3) is 0 Å². The van der Waals surface area contributed by atoms with Crippen LogP contribution in [-0.2, 0) is 14.8 Å². The summed E-state index contributed by atoms with van der Waals surface area (Å²) in [5, 5.41) is 12.6. The van der Waals surface area contributed by atoms with Crippen molar-refractivity contribution in [2.75, 3.05) is 13.1 Å². The molecule has 1 heterocycles. The summed E-state index contributed by atoms with van der Waals surface area (Å²) < 4.78 is 24.5. The fourth-order valence-corrected chi connectivity index (χ4v) is 8.02. The second-order valence-corrected chi connectivity index (χ2v) is 10.9. The first kappa shape index (κ1) is 18.2. The Morgan fingerprint density at radius 3 is 2.58 bits per heavy atom. The van der Waals surface area contributed by atoms with Gasteiger partial charge in [0.1, 0.15) is 6.04 Å². The van der Waals surface area contributed by atoms with Crippen molar-refractivity contribution in [3.63, 3.8) is 0 Å². The first-order valence-corrected chi connectivity index (χ1v) is 11.0. The summed E-state index contributed by atoms with van der Waals surface area (Å²) in [6, 6.07) is 1.87. The standard InChI is InChI=1S/C17H27N5O3S/c18-9-14-2-1-3-22(14)15(23)10-20-16-5-12-4-13(6-16)8-17(7-12,11-16)26(24,25)21-19/h12-14,20-21H,1-8,10-11,19H2. The van der Waals surface area contributed by atoms with Crippen molar-refractivity contribution < 1.29 is 13.2 Å². The van der Waals surface area contributed by atoms with Crippen molar-refractivity contribution in [1.29, 1.82) is 5.26 Å². The lowest BCUT2D eigenvalue weighted by Gasteiger charge is -2.61. The van der Waals surface area contributed by atoms with Gasteiger partial charge in [-0.15, -0.1) is 0 Å². The molecule has 26 heavy (non-hydrogen) atoms. The van der Waals surface area contributed by atoms with Crippen LogP contribution in [0.1, 0.15) is 51.4 Å². The number of rotatable bonds is 5. The summed E-state index contributed by atoms with van der Waals surface area (Å²) in [7, 11) is -3.57. The van der Waals surface area contributed by atoms with Gasteiger partial charge < -0.3 is 10.2 Å². The van der Waals surface area contributed by atoms with Gasteiger partial charge in [0.05, 0.1) is 17.4 Å². The van der Waals surface area contributed by atoms with Crippen molar-refractivity contribution in [2.45, 2.75) is 67.7 Å². The molecular weight excluding hydrogens is 354 g/mol. The Morgan fingerprint density at radius 2 is 1.96 bits per heavy atom. The average molecular weight is 382 g/mol. The van der Waals surface area contributed by atoms with Crippen LogP contribution in [0.3, 0.4) is 0 Å². The van der Waals surface area contributed by atoms with Gasteiger partial charge >= 0.3 is 0 Å². The largest absolute Gasteiger partial charge is 0.326 e. The Bertz CT molecular complexity index is 732.